The van der Waals surface area contributed by atoms with Crippen LogP contribution in [0.15, 0.2) is 0 Å². The van der Waals surface area contributed by atoms with Gasteiger partial charge in [-0.25, -0.2) is 0 Å². The Kier molecular flexibility index (Phi) is 6.76. The van der Waals surface area contributed by atoms with Gasteiger partial charge in [-0.3, -0.25) is 4.79 Å². The molecule has 1 amide bonds. The van der Waals surface area contributed by atoms with Gasteiger partial charge in [-0.2, -0.15) is 0 Å². The van der Waals surface area contributed by atoms with Gasteiger partial charge >= 0.3 is 0 Å². The fourth-order valence-electron chi connectivity index (χ4n) is 0.835. The van der Waals surface area contributed by atoms with Crippen LogP contribution in [0.2, 0.25) is 0 Å². The zero-order valence-corrected chi connectivity index (χ0v) is 8.31. The summed E-state index contributed by atoms with van der Waals surface area (Å²) < 4.78 is 0. The summed E-state index contributed by atoms with van der Waals surface area (Å²) in [5.41, 5.74) is 0. The molecule has 12 heavy (non-hydrogen) atoms. The van der Waals surface area contributed by atoms with Crippen LogP contribution in [0.3, 0.4) is 0 Å². The van der Waals surface area contributed by atoms with Crippen LogP contribution in [0, 0.1) is 5.92 Å². The Hall–Kier alpha value is -0.570. The summed E-state index contributed by atoms with van der Waals surface area (Å²) in [6.45, 7) is 5.82. The molecule has 0 aromatic rings. The summed E-state index contributed by atoms with van der Waals surface area (Å²) in [6.07, 6.45) is 1.63. The van der Waals surface area contributed by atoms with Crippen LogP contribution in [-0.4, -0.2) is 26.0 Å². The molecular formula is C9H20N2O. The van der Waals surface area contributed by atoms with E-state index in [2.05, 4.69) is 24.5 Å². The highest BCUT2D eigenvalue weighted by Crippen LogP contribution is 2.02. The lowest BCUT2D eigenvalue weighted by Gasteiger charge is -2.05. The van der Waals surface area contributed by atoms with E-state index in [9.17, 15) is 4.79 Å². The maximum atomic E-state index is 11.1. The molecule has 0 aliphatic heterocycles. The molecule has 0 aliphatic carbocycles. The molecule has 0 saturated carbocycles. The molecule has 72 valence electrons. The number of rotatable bonds is 6. The van der Waals surface area contributed by atoms with Crippen molar-refractivity contribution in [2.45, 2.75) is 26.7 Å². The van der Waals surface area contributed by atoms with Crippen molar-refractivity contribution in [3.63, 3.8) is 0 Å². The molecule has 0 rings (SSSR count). The Balaban J connectivity index is 3.22. The maximum absolute atomic E-state index is 11.1. The predicted molar refractivity (Wildman–Crippen MR) is 51.0 cm³/mol. The van der Waals surface area contributed by atoms with Crippen LogP contribution in [0.1, 0.15) is 26.7 Å². The zero-order valence-electron chi connectivity index (χ0n) is 8.31. The first kappa shape index (κ1) is 11.4. The van der Waals surface area contributed by atoms with Crippen molar-refractivity contribution >= 4 is 5.91 Å². The summed E-state index contributed by atoms with van der Waals surface area (Å²) in [6, 6.07) is 0. The topological polar surface area (TPSA) is 41.1 Å². The molecule has 3 heteroatoms. The number of likely N-dealkylation sites (N-methyl/N-ethyl adjacent to an activating group) is 1. The smallest absolute Gasteiger partial charge is 0.220 e. The highest BCUT2D eigenvalue weighted by Gasteiger charge is 2.01. The lowest BCUT2D eigenvalue weighted by atomic mass is 10.1. The van der Waals surface area contributed by atoms with Crippen LogP contribution < -0.4 is 10.6 Å². The van der Waals surface area contributed by atoms with Crippen LogP contribution in [0.4, 0.5) is 0 Å². The monoisotopic (exact) mass is 172 g/mol. The third-order valence-electron chi connectivity index (χ3n) is 1.65. The van der Waals surface area contributed by atoms with Gasteiger partial charge in [0.1, 0.15) is 0 Å². The van der Waals surface area contributed by atoms with Gasteiger partial charge in [0, 0.05) is 19.5 Å². The molecule has 2 N–H and O–H groups in total. The largest absolute Gasteiger partial charge is 0.355 e. The van der Waals surface area contributed by atoms with Crippen LogP contribution in [0.25, 0.3) is 0 Å². The van der Waals surface area contributed by atoms with Crippen molar-refractivity contribution in [2.24, 2.45) is 5.92 Å². The fraction of sp³-hybridized carbons (Fsp3) is 0.889. The molecule has 3 nitrogen and oxygen atoms in total. The molecule has 0 atom stereocenters. The van der Waals surface area contributed by atoms with Gasteiger partial charge in [0.05, 0.1) is 0 Å². The lowest BCUT2D eigenvalue weighted by Crippen LogP contribution is -2.30. The highest BCUT2D eigenvalue weighted by atomic mass is 16.1. The Morgan fingerprint density at radius 3 is 2.50 bits per heavy atom. The molecule has 0 aliphatic rings. The van der Waals surface area contributed by atoms with Gasteiger partial charge in [-0.15, -0.1) is 0 Å². The van der Waals surface area contributed by atoms with E-state index in [4.69, 9.17) is 0 Å². The van der Waals surface area contributed by atoms with E-state index in [1.54, 1.807) is 0 Å². The summed E-state index contributed by atoms with van der Waals surface area (Å²) >= 11 is 0. The summed E-state index contributed by atoms with van der Waals surface area (Å²) in [7, 11) is 1.88. The van der Waals surface area contributed by atoms with E-state index in [-0.39, 0.29) is 5.91 Å². The van der Waals surface area contributed by atoms with Gasteiger partial charge in [0.2, 0.25) is 5.91 Å². The molecule has 0 unspecified atom stereocenters. The molecule has 0 fully saturated rings. The van der Waals surface area contributed by atoms with E-state index in [1.165, 1.54) is 0 Å². The third kappa shape index (κ3) is 7.54. The van der Waals surface area contributed by atoms with Gasteiger partial charge in [0.15, 0.2) is 0 Å². The van der Waals surface area contributed by atoms with Gasteiger partial charge < -0.3 is 10.6 Å². The Bertz CT molecular complexity index is 124. The SMILES string of the molecule is CNCCNC(=O)CCC(C)C. The second-order valence-electron chi connectivity index (χ2n) is 3.39. The first-order valence-electron chi connectivity index (χ1n) is 4.58. The van der Waals surface area contributed by atoms with Crippen molar-refractivity contribution in [1.82, 2.24) is 10.6 Å². The number of hydrogen-bond donors (Lipinski definition) is 2. The van der Waals surface area contributed by atoms with E-state index < -0.39 is 0 Å². The summed E-state index contributed by atoms with van der Waals surface area (Å²) in [5.74, 6) is 0.777. The van der Waals surface area contributed by atoms with Gasteiger partial charge in [0.25, 0.3) is 0 Å². The third-order valence-corrected chi connectivity index (χ3v) is 1.65. The minimum Gasteiger partial charge on any atom is -0.355 e. The van der Waals surface area contributed by atoms with Crippen molar-refractivity contribution in [2.75, 3.05) is 20.1 Å². The molecule has 0 bridgehead atoms. The van der Waals surface area contributed by atoms with Crippen LogP contribution in [0.5, 0.6) is 0 Å². The molecule has 0 aromatic heterocycles. The normalized spacial score (nSPS) is 10.3. The number of carbonyl (C=O) groups is 1. The predicted octanol–water partition coefficient (Wildman–Crippen LogP) is 0.758. The number of nitrogens with one attached hydrogen (secondary N) is 2. The zero-order chi connectivity index (χ0) is 9.40. The molecule has 0 heterocycles. The second-order valence-corrected chi connectivity index (χ2v) is 3.39. The average Bonchev–Trinajstić information content (AvgIpc) is 2.01. The molecule has 0 radical (unpaired) electrons. The molecule has 0 aromatic carbocycles. The van der Waals surface area contributed by atoms with Crippen molar-refractivity contribution < 1.29 is 4.79 Å². The maximum Gasteiger partial charge on any atom is 0.220 e. The van der Waals surface area contributed by atoms with E-state index in [0.29, 0.717) is 12.3 Å². The Labute approximate surface area is 74.9 Å². The minimum atomic E-state index is 0.166. The molecule has 0 spiro atoms. The van der Waals surface area contributed by atoms with Gasteiger partial charge in [-0.05, 0) is 19.4 Å². The first-order valence-corrected chi connectivity index (χ1v) is 4.58. The van der Waals surface area contributed by atoms with E-state index in [0.717, 1.165) is 19.5 Å². The number of amides is 1. The minimum absolute atomic E-state index is 0.166. The second kappa shape index (κ2) is 7.10. The highest BCUT2D eigenvalue weighted by molar-refractivity contribution is 5.75. The van der Waals surface area contributed by atoms with Crippen molar-refractivity contribution in [3.8, 4) is 0 Å². The van der Waals surface area contributed by atoms with E-state index >= 15 is 0 Å². The summed E-state index contributed by atoms with van der Waals surface area (Å²) in [4.78, 5) is 11.1. The average molecular weight is 172 g/mol. The van der Waals surface area contributed by atoms with Gasteiger partial charge in [-0.1, -0.05) is 13.8 Å². The summed E-state index contributed by atoms with van der Waals surface area (Å²) in [5, 5.41) is 5.81. The van der Waals surface area contributed by atoms with Crippen LogP contribution >= 0.6 is 0 Å². The van der Waals surface area contributed by atoms with E-state index in [1.807, 2.05) is 7.05 Å². The standard InChI is InChI=1S/C9H20N2O/c1-8(2)4-5-9(12)11-7-6-10-3/h8,10H,4-7H2,1-3H3,(H,11,12). The Morgan fingerprint density at radius 2 is 2.00 bits per heavy atom. The van der Waals surface area contributed by atoms with Crippen LogP contribution in [-0.2, 0) is 4.79 Å². The molecular weight excluding hydrogens is 152 g/mol. The number of carbonyl (C=O) groups excluding carboxylic acids is 1. The van der Waals surface area contributed by atoms with Crippen molar-refractivity contribution in [3.05, 3.63) is 0 Å². The molecule has 0 saturated heterocycles. The quantitative estimate of drug-likeness (QED) is 0.581. The Morgan fingerprint density at radius 1 is 1.33 bits per heavy atom. The number of hydrogen-bond acceptors (Lipinski definition) is 2. The first-order chi connectivity index (χ1) is 5.66. The lowest BCUT2D eigenvalue weighted by molar-refractivity contribution is -0.121. The van der Waals surface area contributed by atoms with Crippen molar-refractivity contribution in [1.29, 1.82) is 0 Å². The fourth-order valence-corrected chi connectivity index (χ4v) is 0.835.